The van der Waals surface area contributed by atoms with Crippen molar-refractivity contribution in [2.24, 2.45) is 0 Å². The van der Waals surface area contributed by atoms with E-state index in [9.17, 15) is 9.59 Å². The van der Waals surface area contributed by atoms with Crippen LogP contribution in [0.2, 0.25) is 0 Å². The summed E-state index contributed by atoms with van der Waals surface area (Å²) in [5, 5.41) is 2.80. The quantitative estimate of drug-likeness (QED) is 0.885. The van der Waals surface area contributed by atoms with Gasteiger partial charge in [0.25, 0.3) is 11.5 Å². The Morgan fingerprint density at radius 1 is 1.27 bits per heavy atom. The van der Waals surface area contributed by atoms with Gasteiger partial charge < -0.3 is 14.6 Å². The van der Waals surface area contributed by atoms with Crippen LogP contribution in [0, 0.1) is 6.92 Å². The van der Waals surface area contributed by atoms with E-state index < -0.39 is 0 Å². The second kappa shape index (κ2) is 7.26. The maximum atomic E-state index is 12.0. The summed E-state index contributed by atoms with van der Waals surface area (Å²) in [6.07, 6.45) is 0. The molecule has 0 radical (unpaired) electrons. The van der Waals surface area contributed by atoms with Crippen LogP contribution >= 0.6 is 15.9 Å². The van der Waals surface area contributed by atoms with Gasteiger partial charge in [0.2, 0.25) is 0 Å². The zero-order valence-electron chi connectivity index (χ0n) is 12.4. The highest BCUT2D eigenvalue weighted by Gasteiger charge is 2.07. The van der Waals surface area contributed by atoms with E-state index in [1.165, 1.54) is 13.2 Å². The van der Waals surface area contributed by atoms with Gasteiger partial charge in [-0.3, -0.25) is 9.59 Å². The molecule has 0 spiro atoms. The van der Waals surface area contributed by atoms with Gasteiger partial charge in [-0.1, -0.05) is 15.9 Å². The molecule has 0 aliphatic heterocycles. The smallest absolute Gasteiger partial charge is 0.254 e. The Labute approximate surface area is 137 Å². The minimum absolute atomic E-state index is 0.144. The van der Waals surface area contributed by atoms with Crippen LogP contribution in [-0.4, -0.2) is 24.1 Å². The molecule has 2 aromatic rings. The summed E-state index contributed by atoms with van der Waals surface area (Å²) in [6, 6.07) is 10.3. The average molecular weight is 365 g/mol. The number of rotatable bonds is 5. The molecule has 2 rings (SSSR count). The van der Waals surface area contributed by atoms with Crippen molar-refractivity contribution in [3.05, 3.63) is 62.5 Å². The van der Waals surface area contributed by atoms with E-state index in [1.807, 2.05) is 19.1 Å². The maximum Gasteiger partial charge on any atom is 0.254 e. The van der Waals surface area contributed by atoms with Crippen molar-refractivity contribution in [2.75, 3.05) is 13.7 Å². The van der Waals surface area contributed by atoms with E-state index in [0.29, 0.717) is 24.4 Å². The van der Waals surface area contributed by atoms with E-state index in [4.69, 9.17) is 4.74 Å². The van der Waals surface area contributed by atoms with Crippen molar-refractivity contribution in [1.82, 2.24) is 9.88 Å². The molecule has 1 aromatic heterocycles. The Morgan fingerprint density at radius 2 is 1.95 bits per heavy atom. The number of aryl methyl sites for hydroxylation is 1. The number of ether oxygens (including phenoxy) is 1. The Bertz CT molecular complexity index is 723. The summed E-state index contributed by atoms with van der Waals surface area (Å²) in [4.78, 5) is 24.0. The van der Waals surface area contributed by atoms with Crippen LogP contribution in [0.15, 0.2) is 45.7 Å². The lowest BCUT2D eigenvalue weighted by Crippen LogP contribution is -2.31. The number of halogens is 1. The molecular weight excluding hydrogens is 348 g/mol. The number of nitrogens with zero attached hydrogens (tertiary/aromatic N) is 1. The summed E-state index contributed by atoms with van der Waals surface area (Å²) in [5.74, 6) is 0.379. The Morgan fingerprint density at radius 3 is 2.55 bits per heavy atom. The molecule has 116 valence electrons. The number of nitrogens with one attached hydrogen (secondary N) is 1. The van der Waals surface area contributed by atoms with Crippen molar-refractivity contribution in [3.63, 3.8) is 0 Å². The monoisotopic (exact) mass is 364 g/mol. The van der Waals surface area contributed by atoms with E-state index in [1.54, 1.807) is 22.8 Å². The number of hydrogen-bond donors (Lipinski definition) is 1. The molecular formula is C16H17BrN2O3. The normalized spacial score (nSPS) is 10.3. The third kappa shape index (κ3) is 3.98. The Balaban J connectivity index is 1.98. The van der Waals surface area contributed by atoms with Crippen LogP contribution in [0.1, 0.15) is 16.1 Å². The van der Waals surface area contributed by atoms with Gasteiger partial charge in [0.05, 0.1) is 7.11 Å². The lowest BCUT2D eigenvalue weighted by molar-refractivity contribution is 0.0952. The zero-order valence-corrected chi connectivity index (χ0v) is 14.0. The number of benzene rings is 1. The van der Waals surface area contributed by atoms with Crippen molar-refractivity contribution in [3.8, 4) is 5.75 Å². The molecule has 1 heterocycles. The fourth-order valence-corrected chi connectivity index (χ4v) is 2.35. The molecule has 0 saturated carbocycles. The van der Waals surface area contributed by atoms with Crippen LogP contribution in [0.4, 0.5) is 0 Å². The first-order valence-corrected chi connectivity index (χ1v) is 7.60. The first kappa shape index (κ1) is 16.3. The zero-order chi connectivity index (χ0) is 16.1. The van der Waals surface area contributed by atoms with Gasteiger partial charge in [-0.05, 0) is 37.3 Å². The second-order valence-corrected chi connectivity index (χ2v) is 5.70. The summed E-state index contributed by atoms with van der Waals surface area (Å²) in [7, 11) is 1.52. The Kier molecular flexibility index (Phi) is 5.38. The van der Waals surface area contributed by atoms with E-state index in [0.717, 1.165) is 10.2 Å². The number of methoxy groups -OCH3 is 1. The minimum Gasteiger partial charge on any atom is -0.496 e. The van der Waals surface area contributed by atoms with Crippen molar-refractivity contribution in [2.45, 2.75) is 13.5 Å². The fraction of sp³-hybridized carbons (Fsp3) is 0.250. The minimum atomic E-state index is -0.160. The Hall–Kier alpha value is -2.08. The summed E-state index contributed by atoms with van der Waals surface area (Å²) in [6.45, 7) is 2.62. The average Bonchev–Trinajstić information content (AvgIpc) is 2.50. The number of amides is 1. The first-order valence-electron chi connectivity index (χ1n) is 6.80. The van der Waals surface area contributed by atoms with E-state index in [2.05, 4.69) is 21.2 Å². The van der Waals surface area contributed by atoms with Crippen LogP contribution in [0.5, 0.6) is 5.75 Å². The summed E-state index contributed by atoms with van der Waals surface area (Å²) < 4.78 is 7.58. The van der Waals surface area contributed by atoms with Crippen LogP contribution in [0.3, 0.4) is 0 Å². The first-order chi connectivity index (χ1) is 10.5. The molecule has 0 aliphatic rings. The maximum absolute atomic E-state index is 12.0. The van der Waals surface area contributed by atoms with Crippen LogP contribution in [0.25, 0.3) is 0 Å². The second-order valence-electron chi connectivity index (χ2n) is 4.79. The van der Waals surface area contributed by atoms with E-state index in [-0.39, 0.29) is 11.5 Å². The molecule has 0 fully saturated rings. The van der Waals surface area contributed by atoms with Gasteiger partial charge in [0, 0.05) is 34.9 Å². The van der Waals surface area contributed by atoms with Crippen molar-refractivity contribution < 1.29 is 9.53 Å². The standard InChI is InChI=1S/C16H17BrN2O3/c1-11-9-14(22-2)10-15(20)19(11)8-7-18-16(21)12-3-5-13(17)6-4-12/h3-6,9-10H,7-8H2,1-2H3,(H,18,21). The SMILES string of the molecule is COc1cc(C)n(CCNC(=O)c2ccc(Br)cc2)c(=O)c1. The highest BCUT2D eigenvalue weighted by atomic mass is 79.9. The van der Waals surface area contributed by atoms with Gasteiger partial charge in [0.15, 0.2) is 0 Å². The van der Waals surface area contributed by atoms with Gasteiger partial charge in [0.1, 0.15) is 5.75 Å². The third-order valence-corrected chi connectivity index (χ3v) is 3.80. The molecule has 1 amide bonds. The molecule has 1 aromatic carbocycles. The van der Waals surface area contributed by atoms with Crippen molar-refractivity contribution in [1.29, 1.82) is 0 Å². The predicted octanol–water partition coefficient (Wildman–Crippen LogP) is 2.36. The molecule has 0 saturated heterocycles. The number of pyridine rings is 1. The molecule has 0 atom stereocenters. The lowest BCUT2D eigenvalue weighted by atomic mass is 10.2. The molecule has 6 heteroatoms. The van der Waals surface area contributed by atoms with E-state index >= 15 is 0 Å². The van der Waals surface area contributed by atoms with Gasteiger partial charge in [-0.25, -0.2) is 0 Å². The van der Waals surface area contributed by atoms with Gasteiger partial charge in [-0.15, -0.1) is 0 Å². The summed E-state index contributed by atoms with van der Waals surface area (Å²) >= 11 is 3.33. The molecule has 0 unspecified atom stereocenters. The number of hydrogen-bond acceptors (Lipinski definition) is 3. The fourth-order valence-electron chi connectivity index (χ4n) is 2.09. The molecule has 0 aliphatic carbocycles. The van der Waals surface area contributed by atoms with Crippen LogP contribution < -0.4 is 15.6 Å². The third-order valence-electron chi connectivity index (χ3n) is 3.27. The molecule has 22 heavy (non-hydrogen) atoms. The lowest BCUT2D eigenvalue weighted by Gasteiger charge is -2.12. The number of carbonyl (C=O) groups excluding carboxylic acids is 1. The van der Waals surface area contributed by atoms with Gasteiger partial charge >= 0.3 is 0 Å². The molecule has 0 bridgehead atoms. The number of carbonyl (C=O) groups is 1. The number of aromatic nitrogens is 1. The highest BCUT2D eigenvalue weighted by molar-refractivity contribution is 9.10. The van der Waals surface area contributed by atoms with Crippen molar-refractivity contribution >= 4 is 21.8 Å². The predicted molar refractivity (Wildman–Crippen MR) is 88.5 cm³/mol. The van der Waals surface area contributed by atoms with Crippen LogP contribution in [-0.2, 0) is 6.54 Å². The largest absolute Gasteiger partial charge is 0.496 e. The molecule has 5 nitrogen and oxygen atoms in total. The van der Waals surface area contributed by atoms with Gasteiger partial charge in [-0.2, -0.15) is 0 Å². The molecule has 1 N–H and O–H groups in total. The summed E-state index contributed by atoms with van der Waals surface area (Å²) in [5.41, 5.74) is 1.24. The topological polar surface area (TPSA) is 60.3 Å². The highest BCUT2D eigenvalue weighted by Crippen LogP contribution is 2.10.